The van der Waals surface area contributed by atoms with E-state index >= 15 is 0 Å². The van der Waals surface area contributed by atoms with Crippen LogP contribution in [0.2, 0.25) is 0 Å². The summed E-state index contributed by atoms with van der Waals surface area (Å²) in [5.74, 6) is -0.132. The Labute approximate surface area is 240 Å². The normalized spacial score (nSPS) is 15.2. The zero-order valence-corrected chi connectivity index (χ0v) is 24.5. The van der Waals surface area contributed by atoms with Crippen LogP contribution in [-0.2, 0) is 4.79 Å². The Morgan fingerprint density at radius 1 is 1.18 bits per heavy atom. The summed E-state index contributed by atoms with van der Waals surface area (Å²) in [6, 6.07) is 7.48. The summed E-state index contributed by atoms with van der Waals surface area (Å²) in [6.45, 7) is 4.76. The van der Waals surface area contributed by atoms with Gasteiger partial charge in [0.05, 0.1) is 11.6 Å². The Hall–Kier alpha value is -2.94. The molecule has 0 bridgehead atoms. The Morgan fingerprint density at radius 2 is 1.85 bits per heavy atom. The number of nitrogens with zero attached hydrogens (tertiary/aromatic N) is 5. The van der Waals surface area contributed by atoms with E-state index in [9.17, 15) is 14.4 Å². The molecule has 1 aliphatic rings. The molecule has 10 nitrogen and oxygen atoms in total. The molecule has 2 amide bonds. The molecule has 1 aliphatic carbocycles. The first-order valence-electron chi connectivity index (χ1n) is 12.9. The van der Waals surface area contributed by atoms with Gasteiger partial charge in [-0.25, -0.2) is 0 Å². The quantitative estimate of drug-likeness (QED) is 0.161. The zero-order valence-electron chi connectivity index (χ0n) is 22.9. The number of halogens is 1. The standard InChI is InChI=1S/C27H36N6O4S.ClH/c1-19(2)16-22(23(35)25-30-31-26(37-25)38-15-14-32(3)4)33(18-34)27(12-6-5-7-13-27)29-24(36)21-10-8-20(17-28)9-11-21;/h8-11,18-19,22H,5-7,12-16H2,1-4H3,(H,29,36);1H. The Kier molecular flexibility index (Phi) is 12.4. The lowest BCUT2D eigenvalue weighted by Crippen LogP contribution is -2.65. The van der Waals surface area contributed by atoms with Crippen LogP contribution in [0, 0.1) is 17.2 Å². The van der Waals surface area contributed by atoms with Crippen molar-refractivity contribution >= 4 is 42.3 Å². The van der Waals surface area contributed by atoms with Crippen molar-refractivity contribution < 1.29 is 18.8 Å². The van der Waals surface area contributed by atoms with Crippen LogP contribution in [0.25, 0.3) is 0 Å². The minimum absolute atomic E-state index is 0. The molecule has 1 aromatic carbocycles. The van der Waals surface area contributed by atoms with Gasteiger partial charge < -0.3 is 19.5 Å². The first kappa shape index (κ1) is 32.3. The third kappa shape index (κ3) is 8.52. The molecule has 2 aromatic rings. The molecule has 212 valence electrons. The number of thioether (sulfide) groups is 1. The number of benzene rings is 1. The van der Waals surface area contributed by atoms with Crippen molar-refractivity contribution in [1.29, 1.82) is 5.26 Å². The van der Waals surface area contributed by atoms with Crippen molar-refractivity contribution in [3.8, 4) is 6.07 Å². The molecule has 1 fully saturated rings. The first-order valence-corrected chi connectivity index (χ1v) is 13.9. The summed E-state index contributed by atoms with van der Waals surface area (Å²) < 4.78 is 5.69. The van der Waals surface area contributed by atoms with E-state index in [1.54, 1.807) is 24.3 Å². The van der Waals surface area contributed by atoms with E-state index in [1.165, 1.54) is 16.7 Å². The van der Waals surface area contributed by atoms with Crippen LogP contribution in [0.5, 0.6) is 0 Å². The topological polar surface area (TPSA) is 132 Å². The highest BCUT2D eigenvalue weighted by atomic mass is 35.5. The summed E-state index contributed by atoms with van der Waals surface area (Å²) in [5.41, 5.74) is -0.212. The predicted octanol–water partition coefficient (Wildman–Crippen LogP) is 4.16. The molecule has 3 rings (SSSR count). The summed E-state index contributed by atoms with van der Waals surface area (Å²) in [5, 5.41) is 20.5. The number of Topliss-reactive ketones (excluding diaryl/α,β-unsaturated/α-hetero) is 1. The summed E-state index contributed by atoms with van der Waals surface area (Å²) in [6.07, 6.45) is 4.65. The SMILES string of the molecule is CC(C)CC(C(=O)c1nnc(SCCN(C)C)o1)N(C=O)C1(NC(=O)c2ccc(C#N)cc2)CCCCC1.Cl. The van der Waals surface area contributed by atoms with Crippen LogP contribution in [0.4, 0.5) is 0 Å². The summed E-state index contributed by atoms with van der Waals surface area (Å²) in [4.78, 5) is 43.2. The van der Waals surface area contributed by atoms with Crippen molar-refractivity contribution in [2.45, 2.75) is 69.3 Å². The number of ketones is 1. The molecule has 1 aromatic heterocycles. The van der Waals surface area contributed by atoms with Gasteiger partial charge in [0.1, 0.15) is 11.7 Å². The fraction of sp³-hybridized carbons (Fsp3) is 0.556. The molecule has 12 heteroatoms. The maximum Gasteiger partial charge on any atom is 0.286 e. The number of amides is 2. The molecule has 0 aliphatic heterocycles. The van der Waals surface area contributed by atoms with Crippen molar-refractivity contribution in [2.75, 3.05) is 26.4 Å². The number of carbonyl (C=O) groups is 3. The smallest absolute Gasteiger partial charge is 0.286 e. The average Bonchev–Trinajstić information content (AvgIpc) is 3.37. The minimum Gasteiger partial charge on any atom is -0.408 e. The fourth-order valence-corrected chi connectivity index (χ4v) is 5.52. The molecule has 1 saturated carbocycles. The molecule has 1 heterocycles. The summed E-state index contributed by atoms with van der Waals surface area (Å²) >= 11 is 1.37. The lowest BCUT2D eigenvalue weighted by atomic mass is 9.84. The molecule has 1 N–H and O–H groups in total. The van der Waals surface area contributed by atoms with Gasteiger partial charge in [0.2, 0.25) is 12.2 Å². The monoisotopic (exact) mass is 576 g/mol. The molecular formula is C27H37ClN6O4S. The van der Waals surface area contributed by atoms with Gasteiger partial charge >= 0.3 is 0 Å². The van der Waals surface area contributed by atoms with Gasteiger partial charge in [0.25, 0.3) is 17.0 Å². The maximum atomic E-state index is 13.7. The number of aromatic nitrogens is 2. The van der Waals surface area contributed by atoms with Gasteiger partial charge in [0.15, 0.2) is 0 Å². The molecule has 0 spiro atoms. The second kappa shape index (κ2) is 15.0. The zero-order chi connectivity index (χ0) is 27.7. The third-order valence-corrected chi connectivity index (χ3v) is 7.42. The van der Waals surface area contributed by atoms with Crippen LogP contribution >= 0.6 is 24.2 Å². The lowest BCUT2D eigenvalue weighted by Gasteiger charge is -2.48. The highest BCUT2D eigenvalue weighted by Crippen LogP contribution is 2.35. The highest BCUT2D eigenvalue weighted by Gasteiger charge is 2.45. The van der Waals surface area contributed by atoms with Crippen LogP contribution in [0.1, 0.15) is 79.0 Å². The Bertz CT molecular complexity index is 1140. The van der Waals surface area contributed by atoms with E-state index in [0.29, 0.717) is 42.0 Å². The lowest BCUT2D eigenvalue weighted by molar-refractivity contribution is -0.129. The van der Waals surface area contributed by atoms with Crippen molar-refractivity contribution in [1.82, 2.24) is 25.3 Å². The van der Waals surface area contributed by atoms with E-state index in [4.69, 9.17) is 9.68 Å². The number of nitrogens with one attached hydrogen (secondary N) is 1. The number of carbonyl (C=O) groups excluding carboxylic acids is 3. The van der Waals surface area contributed by atoms with Gasteiger partial charge in [-0.1, -0.05) is 32.0 Å². The predicted molar refractivity (Wildman–Crippen MR) is 151 cm³/mol. The third-order valence-electron chi connectivity index (χ3n) is 6.63. The Balaban J connectivity index is 0.00000533. The molecule has 0 saturated heterocycles. The van der Waals surface area contributed by atoms with Crippen LogP contribution in [0.3, 0.4) is 0 Å². The van der Waals surface area contributed by atoms with Crippen molar-refractivity contribution in [3.63, 3.8) is 0 Å². The molecule has 39 heavy (non-hydrogen) atoms. The van der Waals surface area contributed by atoms with E-state index in [2.05, 4.69) is 15.5 Å². The number of nitriles is 1. The molecule has 1 unspecified atom stereocenters. The van der Waals surface area contributed by atoms with Gasteiger partial charge in [-0.05, 0) is 76.4 Å². The van der Waals surface area contributed by atoms with Gasteiger partial charge in [-0.3, -0.25) is 14.4 Å². The second-order valence-corrected chi connectivity index (χ2v) is 11.3. The summed E-state index contributed by atoms with van der Waals surface area (Å²) in [7, 11) is 3.93. The molecular weight excluding hydrogens is 540 g/mol. The van der Waals surface area contributed by atoms with Crippen molar-refractivity contribution in [3.05, 3.63) is 41.3 Å². The van der Waals surface area contributed by atoms with E-state index in [1.807, 2.05) is 38.9 Å². The molecule has 1 atom stereocenters. The minimum atomic E-state index is -1.04. The number of rotatable bonds is 13. The maximum absolute atomic E-state index is 13.7. The Morgan fingerprint density at radius 3 is 2.41 bits per heavy atom. The number of hydrogen-bond donors (Lipinski definition) is 1. The van der Waals surface area contributed by atoms with Gasteiger partial charge in [-0.15, -0.1) is 22.6 Å². The van der Waals surface area contributed by atoms with Gasteiger partial charge in [0, 0.05) is 17.9 Å². The van der Waals surface area contributed by atoms with E-state index in [-0.39, 0.29) is 30.1 Å². The van der Waals surface area contributed by atoms with Crippen LogP contribution in [0.15, 0.2) is 33.9 Å². The first-order chi connectivity index (χ1) is 18.2. The second-order valence-electron chi connectivity index (χ2n) is 10.3. The molecule has 0 radical (unpaired) electrons. The van der Waals surface area contributed by atoms with Crippen molar-refractivity contribution in [2.24, 2.45) is 5.92 Å². The van der Waals surface area contributed by atoms with Crippen LogP contribution in [-0.4, -0.2) is 76.2 Å². The number of hydrogen-bond acceptors (Lipinski definition) is 9. The van der Waals surface area contributed by atoms with Crippen LogP contribution < -0.4 is 5.32 Å². The van der Waals surface area contributed by atoms with Gasteiger partial charge in [-0.2, -0.15) is 5.26 Å². The highest BCUT2D eigenvalue weighted by molar-refractivity contribution is 7.99. The average molecular weight is 577 g/mol. The van der Waals surface area contributed by atoms with E-state index < -0.39 is 17.5 Å². The van der Waals surface area contributed by atoms with E-state index in [0.717, 1.165) is 31.6 Å². The fourth-order valence-electron chi connectivity index (χ4n) is 4.66. The largest absolute Gasteiger partial charge is 0.408 e.